The van der Waals surface area contributed by atoms with Crippen molar-refractivity contribution in [1.82, 2.24) is 14.9 Å². The lowest BCUT2D eigenvalue weighted by Gasteiger charge is -2.15. The molecule has 0 radical (unpaired) electrons. The molecule has 10 heteroatoms. The summed E-state index contributed by atoms with van der Waals surface area (Å²) in [5, 5.41) is 5.14. The van der Waals surface area contributed by atoms with Crippen LogP contribution >= 0.6 is 11.3 Å². The number of anilines is 2. The van der Waals surface area contributed by atoms with Gasteiger partial charge in [0.25, 0.3) is 0 Å². The van der Waals surface area contributed by atoms with Crippen LogP contribution in [0, 0.1) is 0 Å². The second-order valence-electron chi connectivity index (χ2n) is 7.94. The van der Waals surface area contributed by atoms with E-state index in [0.29, 0.717) is 22.9 Å². The second-order valence-corrected chi connectivity index (χ2v) is 8.80. The first-order chi connectivity index (χ1) is 16.2. The summed E-state index contributed by atoms with van der Waals surface area (Å²) in [6.45, 7) is 2.26. The number of hydrogen-bond acceptors (Lipinski definition) is 6. The van der Waals surface area contributed by atoms with Gasteiger partial charge in [-0.1, -0.05) is 25.8 Å². The van der Waals surface area contributed by atoms with Crippen LogP contribution in [0.15, 0.2) is 41.9 Å². The number of ether oxygens (including phenoxy) is 1. The first kappa shape index (κ1) is 25.5. The predicted molar refractivity (Wildman–Crippen MR) is 127 cm³/mol. The number of nitrogens with one attached hydrogen (secondary N) is 1. The summed E-state index contributed by atoms with van der Waals surface area (Å²) in [4.78, 5) is 22.1. The standard InChI is InChI=1S/C24H27F3N4O2S/c1-4-5-6-11-33-21-10-8-17(13-18(21)24(25,26)27)29-23-30-20(15-34-23)19-9-7-16(14-28-19)12-22(32)31(2)3/h7-10,13-15H,4-6,11-12H2,1-3H3,(H,29,30). The lowest BCUT2D eigenvalue weighted by Crippen LogP contribution is -2.23. The number of rotatable bonds is 10. The Labute approximate surface area is 200 Å². The van der Waals surface area contributed by atoms with Crippen LogP contribution in [0.1, 0.15) is 37.3 Å². The molecule has 0 aliphatic heterocycles. The van der Waals surface area contributed by atoms with Crippen molar-refractivity contribution >= 4 is 28.1 Å². The molecule has 6 nitrogen and oxygen atoms in total. The number of halogens is 3. The van der Waals surface area contributed by atoms with Crippen molar-refractivity contribution < 1.29 is 22.7 Å². The summed E-state index contributed by atoms with van der Waals surface area (Å²) in [6.07, 6.45) is -0.0900. The van der Waals surface area contributed by atoms with Crippen molar-refractivity contribution in [2.45, 2.75) is 38.8 Å². The average molecular weight is 493 g/mol. The summed E-state index contributed by atoms with van der Waals surface area (Å²) in [7, 11) is 3.39. The molecule has 0 unspecified atom stereocenters. The maximum atomic E-state index is 13.6. The Morgan fingerprint density at radius 1 is 1.15 bits per heavy atom. The van der Waals surface area contributed by atoms with E-state index in [1.165, 1.54) is 22.3 Å². The van der Waals surface area contributed by atoms with E-state index in [1.54, 1.807) is 37.8 Å². The number of benzene rings is 1. The van der Waals surface area contributed by atoms with Crippen molar-refractivity contribution in [2.24, 2.45) is 0 Å². The number of amides is 1. The zero-order chi connectivity index (χ0) is 24.7. The Morgan fingerprint density at radius 3 is 2.59 bits per heavy atom. The van der Waals surface area contributed by atoms with Crippen LogP contribution < -0.4 is 10.1 Å². The summed E-state index contributed by atoms with van der Waals surface area (Å²) in [5.74, 6) is -0.198. The number of alkyl halides is 3. The van der Waals surface area contributed by atoms with E-state index in [9.17, 15) is 18.0 Å². The number of carbonyl (C=O) groups is 1. The van der Waals surface area contributed by atoms with Gasteiger partial charge >= 0.3 is 6.18 Å². The van der Waals surface area contributed by atoms with E-state index in [0.717, 1.165) is 24.5 Å². The highest BCUT2D eigenvalue weighted by molar-refractivity contribution is 7.14. The molecular weight excluding hydrogens is 465 g/mol. The quantitative estimate of drug-likeness (QED) is 0.343. The molecule has 182 valence electrons. The number of nitrogens with zero attached hydrogens (tertiary/aromatic N) is 3. The van der Waals surface area contributed by atoms with E-state index in [2.05, 4.69) is 15.3 Å². The summed E-state index contributed by atoms with van der Waals surface area (Å²) >= 11 is 1.26. The van der Waals surface area contributed by atoms with Crippen LogP contribution in [0.5, 0.6) is 5.75 Å². The molecule has 3 rings (SSSR count). The number of thiazole rings is 1. The molecule has 0 fully saturated rings. The Hall–Kier alpha value is -3.14. The van der Waals surface area contributed by atoms with Gasteiger partial charge in [0.2, 0.25) is 5.91 Å². The lowest BCUT2D eigenvalue weighted by molar-refractivity contribution is -0.139. The third-order valence-electron chi connectivity index (χ3n) is 4.99. The number of carbonyl (C=O) groups excluding carboxylic acids is 1. The highest BCUT2D eigenvalue weighted by Crippen LogP contribution is 2.39. The number of pyridine rings is 1. The van der Waals surface area contributed by atoms with Gasteiger partial charge in [-0.15, -0.1) is 11.3 Å². The minimum Gasteiger partial charge on any atom is -0.493 e. The zero-order valence-electron chi connectivity index (χ0n) is 19.3. The molecule has 3 aromatic rings. The second kappa shape index (κ2) is 11.3. The molecular formula is C24H27F3N4O2S. The normalized spacial score (nSPS) is 11.4. The largest absolute Gasteiger partial charge is 0.493 e. The molecule has 1 N–H and O–H groups in total. The number of hydrogen-bond donors (Lipinski definition) is 1. The molecule has 0 atom stereocenters. The van der Waals surface area contributed by atoms with E-state index in [-0.39, 0.29) is 30.4 Å². The highest BCUT2D eigenvalue weighted by Gasteiger charge is 2.34. The monoisotopic (exact) mass is 492 g/mol. The molecule has 0 spiro atoms. The SMILES string of the molecule is CCCCCOc1ccc(Nc2nc(-c3ccc(CC(=O)N(C)C)cn3)cs2)cc1C(F)(F)F. The van der Waals surface area contributed by atoms with Gasteiger partial charge in [0.1, 0.15) is 11.4 Å². The molecule has 0 aliphatic rings. The third-order valence-corrected chi connectivity index (χ3v) is 5.74. The molecule has 0 aliphatic carbocycles. The minimum absolute atomic E-state index is 0.0229. The van der Waals surface area contributed by atoms with Crippen molar-refractivity contribution in [2.75, 3.05) is 26.0 Å². The number of unbranched alkanes of at least 4 members (excludes halogenated alkanes) is 2. The molecule has 34 heavy (non-hydrogen) atoms. The number of likely N-dealkylation sites (N-methyl/N-ethyl adjacent to an activating group) is 1. The zero-order valence-corrected chi connectivity index (χ0v) is 20.1. The first-order valence-electron chi connectivity index (χ1n) is 10.9. The Kier molecular flexibility index (Phi) is 8.49. The smallest absolute Gasteiger partial charge is 0.420 e. The van der Waals surface area contributed by atoms with Crippen molar-refractivity contribution in [3.63, 3.8) is 0 Å². The Bertz CT molecular complexity index is 1100. The van der Waals surface area contributed by atoms with Crippen LogP contribution in [0.3, 0.4) is 0 Å². The van der Waals surface area contributed by atoms with Crippen LogP contribution in [0.2, 0.25) is 0 Å². The van der Waals surface area contributed by atoms with Gasteiger partial charge in [-0.2, -0.15) is 13.2 Å². The van der Waals surface area contributed by atoms with Crippen molar-refractivity contribution in [3.05, 3.63) is 53.0 Å². The fraction of sp³-hybridized carbons (Fsp3) is 0.375. The predicted octanol–water partition coefficient (Wildman–Crippen LogP) is 6.17. The topological polar surface area (TPSA) is 67.3 Å². The fourth-order valence-corrected chi connectivity index (χ4v) is 3.80. The summed E-state index contributed by atoms with van der Waals surface area (Å²) in [5.41, 5.74) is 1.42. The molecule has 1 aromatic carbocycles. The fourth-order valence-electron chi connectivity index (χ4n) is 3.07. The molecule has 0 saturated heterocycles. The van der Waals surface area contributed by atoms with Crippen molar-refractivity contribution in [3.8, 4) is 17.1 Å². The van der Waals surface area contributed by atoms with Gasteiger partial charge in [-0.3, -0.25) is 9.78 Å². The van der Waals surface area contributed by atoms with E-state index in [1.807, 2.05) is 13.0 Å². The van der Waals surface area contributed by atoms with E-state index in [4.69, 9.17) is 4.74 Å². The minimum atomic E-state index is -4.54. The van der Waals surface area contributed by atoms with Crippen LogP contribution in [-0.2, 0) is 17.4 Å². The first-order valence-corrected chi connectivity index (χ1v) is 11.8. The molecule has 1 amide bonds. The molecule has 0 bridgehead atoms. The number of aromatic nitrogens is 2. The summed E-state index contributed by atoms with van der Waals surface area (Å²) in [6, 6.07) is 7.49. The van der Waals surface area contributed by atoms with Gasteiger partial charge in [0.15, 0.2) is 5.13 Å². The maximum absolute atomic E-state index is 13.6. The van der Waals surface area contributed by atoms with Gasteiger partial charge in [-0.25, -0.2) is 4.98 Å². The van der Waals surface area contributed by atoms with Crippen molar-refractivity contribution in [1.29, 1.82) is 0 Å². The van der Waals surface area contributed by atoms with Crippen LogP contribution in [0.4, 0.5) is 24.0 Å². The average Bonchev–Trinajstić information content (AvgIpc) is 3.25. The highest BCUT2D eigenvalue weighted by atomic mass is 32.1. The van der Waals surface area contributed by atoms with Gasteiger partial charge in [0, 0.05) is 31.4 Å². The van der Waals surface area contributed by atoms with Gasteiger partial charge in [-0.05, 0) is 36.2 Å². The van der Waals surface area contributed by atoms with E-state index < -0.39 is 11.7 Å². The van der Waals surface area contributed by atoms with Crippen LogP contribution in [-0.4, -0.2) is 41.5 Å². The Balaban J connectivity index is 1.71. The maximum Gasteiger partial charge on any atom is 0.420 e. The third kappa shape index (κ3) is 6.93. The molecule has 2 heterocycles. The Morgan fingerprint density at radius 2 is 1.94 bits per heavy atom. The van der Waals surface area contributed by atoms with Gasteiger partial charge < -0.3 is 15.0 Å². The lowest BCUT2D eigenvalue weighted by atomic mass is 10.1. The van der Waals surface area contributed by atoms with Crippen LogP contribution in [0.25, 0.3) is 11.4 Å². The molecule has 0 saturated carbocycles. The molecule has 2 aromatic heterocycles. The van der Waals surface area contributed by atoms with E-state index >= 15 is 0 Å². The summed E-state index contributed by atoms with van der Waals surface area (Å²) < 4.78 is 46.1. The van der Waals surface area contributed by atoms with Gasteiger partial charge in [0.05, 0.1) is 24.3 Å².